The highest BCUT2D eigenvalue weighted by atomic mass is 16.1. The molecule has 1 aromatic carbocycles. The van der Waals surface area contributed by atoms with Crippen molar-refractivity contribution in [1.29, 1.82) is 0 Å². The van der Waals surface area contributed by atoms with Crippen molar-refractivity contribution in [3.63, 3.8) is 0 Å². The second-order valence-electron chi connectivity index (χ2n) is 5.17. The number of ketones is 4. The SMILES string of the molecule is CC(=O)C#Cc1cc(C#CC(C)=O)c(C#CC(C)=O)cc1C#CC(C)=O. The smallest absolute Gasteiger partial charge is 0.202 e. The van der Waals surface area contributed by atoms with Crippen molar-refractivity contribution < 1.29 is 19.2 Å². The molecular formula is C22H14O4. The first-order valence-corrected chi connectivity index (χ1v) is 7.47. The van der Waals surface area contributed by atoms with Crippen LogP contribution in [0.25, 0.3) is 0 Å². The largest absolute Gasteiger partial charge is 0.285 e. The van der Waals surface area contributed by atoms with Crippen LogP contribution in [0.15, 0.2) is 12.1 Å². The second kappa shape index (κ2) is 9.44. The van der Waals surface area contributed by atoms with Gasteiger partial charge >= 0.3 is 0 Å². The highest BCUT2D eigenvalue weighted by Gasteiger charge is 2.06. The van der Waals surface area contributed by atoms with Gasteiger partial charge in [0.15, 0.2) is 0 Å². The molecule has 0 bridgehead atoms. The van der Waals surface area contributed by atoms with E-state index < -0.39 is 0 Å². The Morgan fingerprint density at radius 1 is 0.500 bits per heavy atom. The fourth-order valence-electron chi connectivity index (χ4n) is 1.63. The Morgan fingerprint density at radius 3 is 0.846 bits per heavy atom. The van der Waals surface area contributed by atoms with Gasteiger partial charge in [-0.1, -0.05) is 23.7 Å². The van der Waals surface area contributed by atoms with Gasteiger partial charge in [0.25, 0.3) is 0 Å². The molecule has 0 saturated heterocycles. The lowest BCUT2D eigenvalue weighted by Gasteiger charge is -2.02. The average Bonchev–Trinajstić information content (AvgIpc) is 2.54. The van der Waals surface area contributed by atoms with E-state index in [1.165, 1.54) is 39.8 Å². The van der Waals surface area contributed by atoms with E-state index in [1.54, 1.807) is 0 Å². The van der Waals surface area contributed by atoms with Crippen LogP contribution in [0.3, 0.4) is 0 Å². The molecule has 26 heavy (non-hydrogen) atoms. The molecule has 0 atom stereocenters. The molecule has 0 saturated carbocycles. The molecule has 0 aromatic heterocycles. The molecule has 0 fully saturated rings. The number of rotatable bonds is 0. The Bertz CT molecular complexity index is 886. The number of Topliss-reactive ketones (excluding diaryl/α,β-unsaturated/α-hetero) is 4. The molecule has 0 aliphatic heterocycles. The summed E-state index contributed by atoms with van der Waals surface area (Å²) in [6, 6.07) is 3.06. The average molecular weight is 342 g/mol. The van der Waals surface area contributed by atoms with E-state index in [4.69, 9.17) is 0 Å². The maximum Gasteiger partial charge on any atom is 0.202 e. The monoisotopic (exact) mass is 342 g/mol. The van der Waals surface area contributed by atoms with Crippen LogP contribution in [0.1, 0.15) is 49.9 Å². The maximum atomic E-state index is 11.1. The van der Waals surface area contributed by atoms with Crippen LogP contribution >= 0.6 is 0 Å². The summed E-state index contributed by atoms with van der Waals surface area (Å²) in [6.07, 6.45) is 0. The van der Waals surface area contributed by atoms with Crippen molar-refractivity contribution in [1.82, 2.24) is 0 Å². The fourth-order valence-corrected chi connectivity index (χ4v) is 1.63. The summed E-state index contributed by atoms with van der Waals surface area (Å²) in [5.41, 5.74) is 1.48. The van der Waals surface area contributed by atoms with Gasteiger partial charge in [-0.15, -0.1) is 0 Å². The summed E-state index contributed by atoms with van der Waals surface area (Å²) < 4.78 is 0. The minimum absolute atomic E-state index is 0.340. The Hall–Kier alpha value is -3.86. The van der Waals surface area contributed by atoms with E-state index in [-0.39, 0.29) is 23.1 Å². The maximum absolute atomic E-state index is 11.1. The number of benzene rings is 1. The van der Waals surface area contributed by atoms with Crippen molar-refractivity contribution in [2.24, 2.45) is 0 Å². The van der Waals surface area contributed by atoms with Crippen LogP contribution in [0.5, 0.6) is 0 Å². The number of carbonyl (C=O) groups excluding carboxylic acids is 4. The van der Waals surface area contributed by atoms with E-state index in [0.717, 1.165) is 0 Å². The molecular weight excluding hydrogens is 328 g/mol. The zero-order valence-corrected chi connectivity index (χ0v) is 14.8. The van der Waals surface area contributed by atoms with E-state index >= 15 is 0 Å². The molecule has 0 radical (unpaired) electrons. The van der Waals surface area contributed by atoms with Gasteiger partial charge in [0.05, 0.1) is 0 Å². The van der Waals surface area contributed by atoms with Gasteiger partial charge < -0.3 is 0 Å². The highest BCUT2D eigenvalue weighted by molar-refractivity contribution is 5.96. The van der Waals surface area contributed by atoms with E-state index in [0.29, 0.717) is 22.3 Å². The standard InChI is InChI=1S/C22H14O4/c1-15(23)5-9-19-13-21(11-7-17(3)25)22(12-8-18(4)26)14-20(19)10-6-16(2)24/h13-14H,1-4H3. The van der Waals surface area contributed by atoms with Gasteiger partial charge in [-0.3, -0.25) is 19.2 Å². The quantitative estimate of drug-likeness (QED) is 0.669. The lowest BCUT2D eigenvalue weighted by Crippen LogP contribution is -1.95. The highest BCUT2D eigenvalue weighted by Crippen LogP contribution is 2.15. The third-order valence-electron chi connectivity index (χ3n) is 2.65. The first kappa shape index (κ1) is 20.2. The van der Waals surface area contributed by atoms with Crippen molar-refractivity contribution >= 4 is 23.1 Å². The Morgan fingerprint density at radius 2 is 0.692 bits per heavy atom. The van der Waals surface area contributed by atoms with E-state index in [2.05, 4.69) is 47.4 Å². The van der Waals surface area contributed by atoms with Crippen molar-refractivity contribution in [3.8, 4) is 47.4 Å². The molecule has 0 aliphatic carbocycles. The van der Waals surface area contributed by atoms with Crippen LogP contribution < -0.4 is 0 Å². The Kier molecular flexibility index (Phi) is 7.33. The summed E-state index contributed by atoms with van der Waals surface area (Å²) in [5.74, 6) is 19.0. The Balaban J connectivity index is 3.77. The number of carbonyl (C=O) groups is 4. The third kappa shape index (κ3) is 7.14. The topological polar surface area (TPSA) is 68.3 Å². The molecule has 0 spiro atoms. The lowest BCUT2D eigenvalue weighted by molar-refractivity contribution is -0.112. The predicted molar refractivity (Wildman–Crippen MR) is 96.7 cm³/mol. The van der Waals surface area contributed by atoms with Gasteiger partial charge in [-0.05, 0) is 35.8 Å². The number of hydrogen-bond donors (Lipinski definition) is 0. The minimum Gasteiger partial charge on any atom is -0.285 e. The molecule has 4 nitrogen and oxygen atoms in total. The van der Waals surface area contributed by atoms with Crippen molar-refractivity contribution in [2.75, 3.05) is 0 Å². The normalized spacial score (nSPS) is 8.15. The van der Waals surface area contributed by atoms with Gasteiger partial charge in [0.1, 0.15) is 0 Å². The predicted octanol–water partition coefficient (Wildman–Crippen LogP) is 1.45. The second-order valence-corrected chi connectivity index (χ2v) is 5.17. The summed E-state index contributed by atoms with van der Waals surface area (Å²) in [7, 11) is 0. The summed E-state index contributed by atoms with van der Waals surface area (Å²) in [4.78, 5) is 44.6. The van der Waals surface area contributed by atoms with Crippen LogP contribution in [0.4, 0.5) is 0 Å². The molecule has 0 N–H and O–H groups in total. The van der Waals surface area contributed by atoms with Crippen LogP contribution in [0.2, 0.25) is 0 Å². The summed E-state index contributed by atoms with van der Waals surface area (Å²) in [5, 5.41) is 0. The molecule has 1 aromatic rings. The third-order valence-corrected chi connectivity index (χ3v) is 2.65. The van der Waals surface area contributed by atoms with Crippen LogP contribution in [0, 0.1) is 47.4 Å². The molecule has 1 rings (SSSR count). The number of hydrogen-bond acceptors (Lipinski definition) is 4. The first-order valence-electron chi connectivity index (χ1n) is 7.47. The minimum atomic E-state index is -0.340. The van der Waals surface area contributed by atoms with Gasteiger partial charge in [-0.25, -0.2) is 0 Å². The molecule has 0 unspecified atom stereocenters. The molecule has 4 heteroatoms. The van der Waals surface area contributed by atoms with Crippen molar-refractivity contribution in [3.05, 3.63) is 34.4 Å². The fraction of sp³-hybridized carbons (Fsp3) is 0.182. The molecule has 0 amide bonds. The van der Waals surface area contributed by atoms with Gasteiger partial charge in [-0.2, -0.15) is 0 Å². The Labute approximate surface area is 152 Å². The zero-order valence-electron chi connectivity index (χ0n) is 14.8. The van der Waals surface area contributed by atoms with Gasteiger partial charge in [0.2, 0.25) is 23.1 Å². The molecule has 0 aliphatic rings. The zero-order chi connectivity index (χ0) is 19.7. The van der Waals surface area contributed by atoms with E-state index in [9.17, 15) is 19.2 Å². The molecule has 126 valence electrons. The van der Waals surface area contributed by atoms with Gasteiger partial charge in [0, 0.05) is 49.9 Å². The van der Waals surface area contributed by atoms with Crippen LogP contribution in [-0.4, -0.2) is 23.1 Å². The van der Waals surface area contributed by atoms with Crippen molar-refractivity contribution in [2.45, 2.75) is 27.7 Å². The lowest BCUT2D eigenvalue weighted by atomic mass is 9.98. The van der Waals surface area contributed by atoms with E-state index in [1.807, 2.05) is 0 Å². The first-order chi connectivity index (χ1) is 12.2. The summed E-state index contributed by atoms with van der Waals surface area (Å²) in [6.45, 7) is 5.27. The summed E-state index contributed by atoms with van der Waals surface area (Å²) >= 11 is 0. The molecule has 0 heterocycles. The van der Waals surface area contributed by atoms with Crippen LogP contribution in [-0.2, 0) is 19.2 Å².